The SMILES string of the molecule is CC(C(=O)NS(C)(=O)=O)c1ccc(-c2cc(Cl)cc(F)c2Cl)c(F)c1. The van der Waals surface area contributed by atoms with E-state index in [4.69, 9.17) is 23.2 Å². The minimum absolute atomic E-state index is 0.00544. The zero-order valence-corrected chi connectivity index (χ0v) is 15.4. The van der Waals surface area contributed by atoms with Crippen molar-refractivity contribution in [2.75, 3.05) is 6.26 Å². The Morgan fingerprint density at radius 3 is 2.28 bits per heavy atom. The van der Waals surface area contributed by atoms with E-state index in [2.05, 4.69) is 0 Å². The van der Waals surface area contributed by atoms with E-state index in [0.29, 0.717) is 0 Å². The number of sulfonamides is 1. The van der Waals surface area contributed by atoms with Crippen molar-refractivity contribution in [3.05, 3.63) is 57.6 Å². The molecule has 1 atom stereocenters. The molecule has 1 N–H and O–H groups in total. The number of hydrogen-bond donors (Lipinski definition) is 1. The lowest BCUT2D eigenvalue weighted by Gasteiger charge is -2.14. The average Bonchev–Trinajstić information content (AvgIpc) is 2.48. The van der Waals surface area contributed by atoms with Gasteiger partial charge in [-0.05, 0) is 30.7 Å². The molecule has 134 valence electrons. The molecule has 2 rings (SSSR count). The van der Waals surface area contributed by atoms with Gasteiger partial charge in [-0.15, -0.1) is 0 Å². The van der Waals surface area contributed by atoms with Crippen LogP contribution in [0.15, 0.2) is 30.3 Å². The summed E-state index contributed by atoms with van der Waals surface area (Å²) in [5.74, 6) is -3.24. The fourth-order valence-electron chi connectivity index (χ4n) is 2.19. The highest BCUT2D eigenvalue weighted by atomic mass is 35.5. The van der Waals surface area contributed by atoms with Crippen molar-refractivity contribution >= 4 is 39.1 Å². The van der Waals surface area contributed by atoms with Crippen LogP contribution in [0.1, 0.15) is 18.4 Å². The zero-order chi connectivity index (χ0) is 18.9. The molecule has 2 aromatic rings. The second-order valence-corrected chi connectivity index (χ2v) is 8.01. The number of hydrogen-bond acceptors (Lipinski definition) is 3. The molecule has 0 aliphatic heterocycles. The number of benzene rings is 2. The Morgan fingerprint density at radius 1 is 1.08 bits per heavy atom. The fourth-order valence-corrected chi connectivity index (χ4v) is 3.15. The fraction of sp³-hybridized carbons (Fsp3) is 0.188. The number of halogens is 4. The normalized spacial score (nSPS) is 12.7. The highest BCUT2D eigenvalue weighted by molar-refractivity contribution is 7.89. The lowest BCUT2D eigenvalue weighted by Crippen LogP contribution is -2.32. The standard InChI is InChI=1S/C16H13Cl2F2NO3S/c1-8(16(22)21-25(2,23)24)9-3-4-11(13(19)5-9)12-6-10(17)7-14(20)15(12)18/h3-8H,1-2H3,(H,21,22). The lowest BCUT2D eigenvalue weighted by molar-refractivity contribution is -0.120. The molecule has 0 fully saturated rings. The monoisotopic (exact) mass is 407 g/mol. The molecule has 1 unspecified atom stereocenters. The predicted molar refractivity (Wildman–Crippen MR) is 93.2 cm³/mol. The zero-order valence-electron chi connectivity index (χ0n) is 13.1. The molecular weight excluding hydrogens is 395 g/mol. The summed E-state index contributed by atoms with van der Waals surface area (Å²) in [5, 5.41) is -0.222. The van der Waals surface area contributed by atoms with E-state index < -0.39 is 33.5 Å². The Hall–Kier alpha value is -1.70. The van der Waals surface area contributed by atoms with Crippen LogP contribution < -0.4 is 4.72 Å². The molecule has 0 saturated carbocycles. The van der Waals surface area contributed by atoms with E-state index in [1.54, 1.807) is 0 Å². The average molecular weight is 408 g/mol. The highest BCUT2D eigenvalue weighted by Gasteiger charge is 2.21. The van der Waals surface area contributed by atoms with Crippen molar-refractivity contribution in [3.8, 4) is 11.1 Å². The number of carbonyl (C=O) groups is 1. The summed E-state index contributed by atoms with van der Waals surface area (Å²) in [6, 6.07) is 6.16. The molecule has 0 aliphatic carbocycles. The summed E-state index contributed by atoms with van der Waals surface area (Å²) >= 11 is 11.6. The first-order valence-corrected chi connectivity index (χ1v) is 9.60. The maximum atomic E-state index is 14.5. The van der Waals surface area contributed by atoms with E-state index in [1.807, 2.05) is 4.72 Å². The van der Waals surface area contributed by atoms with Gasteiger partial charge in [0, 0.05) is 16.1 Å². The number of nitrogens with one attached hydrogen (secondary N) is 1. The molecule has 0 aromatic heterocycles. The van der Waals surface area contributed by atoms with E-state index >= 15 is 0 Å². The summed E-state index contributed by atoms with van der Waals surface area (Å²) in [5.41, 5.74) is 0.329. The van der Waals surface area contributed by atoms with Gasteiger partial charge in [0.15, 0.2) is 0 Å². The van der Waals surface area contributed by atoms with Gasteiger partial charge in [-0.25, -0.2) is 17.2 Å². The van der Waals surface area contributed by atoms with Crippen LogP contribution in [0.5, 0.6) is 0 Å². The maximum Gasteiger partial charge on any atom is 0.240 e. The molecule has 0 heterocycles. The van der Waals surface area contributed by atoms with Crippen molar-refractivity contribution in [2.45, 2.75) is 12.8 Å². The third kappa shape index (κ3) is 4.68. The summed E-state index contributed by atoms with van der Waals surface area (Å²) in [7, 11) is -3.72. The number of carbonyl (C=O) groups excluding carboxylic acids is 1. The molecule has 1 amide bonds. The maximum absolute atomic E-state index is 14.5. The van der Waals surface area contributed by atoms with Gasteiger partial charge < -0.3 is 0 Å². The van der Waals surface area contributed by atoms with Gasteiger partial charge in [-0.1, -0.05) is 35.3 Å². The van der Waals surface area contributed by atoms with Crippen molar-refractivity contribution in [1.82, 2.24) is 4.72 Å². The molecule has 25 heavy (non-hydrogen) atoms. The molecule has 0 bridgehead atoms. The second kappa shape index (κ2) is 7.27. The van der Waals surface area contributed by atoms with Gasteiger partial charge in [-0.3, -0.25) is 9.52 Å². The van der Waals surface area contributed by atoms with Crippen LogP contribution in [0.2, 0.25) is 10.0 Å². The summed E-state index contributed by atoms with van der Waals surface area (Å²) in [6.07, 6.45) is 0.844. The Morgan fingerprint density at radius 2 is 1.72 bits per heavy atom. The van der Waals surface area contributed by atoms with Crippen LogP contribution in [0.4, 0.5) is 8.78 Å². The Kier molecular flexibility index (Phi) is 5.71. The third-order valence-corrected chi connectivity index (χ3v) is 4.63. The topological polar surface area (TPSA) is 63.2 Å². The van der Waals surface area contributed by atoms with Crippen LogP contribution in [0.3, 0.4) is 0 Å². The van der Waals surface area contributed by atoms with E-state index in [9.17, 15) is 22.0 Å². The highest BCUT2D eigenvalue weighted by Crippen LogP contribution is 2.35. The second-order valence-electron chi connectivity index (χ2n) is 5.45. The Labute approximate surface area is 153 Å². The van der Waals surface area contributed by atoms with Crippen molar-refractivity contribution in [2.24, 2.45) is 0 Å². The largest absolute Gasteiger partial charge is 0.273 e. The van der Waals surface area contributed by atoms with Crippen molar-refractivity contribution < 1.29 is 22.0 Å². The summed E-state index contributed by atoms with van der Waals surface area (Å²) < 4.78 is 52.2. The lowest BCUT2D eigenvalue weighted by atomic mass is 9.96. The van der Waals surface area contributed by atoms with E-state index in [-0.39, 0.29) is 26.7 Å². The van der Waals surface area contributed by atoms with Gasteiger partial charge in [0.2, 0.25) is 15.9 Å². The van der Waals surface area contributed by atoms with Crippen LogP contribution in [-0.2, 0) is 14.8 Å². The molecule has 2 aromatic carbocycles. The molecular formula is C16H13Cl2F2NO3S. The quantitative estimate of drug-likeness (QED) is 0.775. The van der Waals surface area contributed by atoms with Crippen LogP contribution >= 0.6 is 23.2 Å². The first-order valence-electron chi connectivity index (χ1n) is 6.95. The van der Waals surface area contributed by atoms with Crippen LogP contribution in [0.25, 0.3) is 11.1 Å². The van der Waals surface area contributed by atoms with E-state index in [0.717, 1.165) is 18.4 Å². The molecule has 0 aliphatic rings. The minimum Gasteiger partial charge on any atom is -0.273 e. The van der Waals surface area contributed by atoms with Gasteiger partial charge >= 0.3 is 0 Å². The first-order chi connectivity index (χ1) is 11.5. The molecule has 9 heteroatoms. The van der Waals surface area contributed by atoms with Crippen molar-refractivity contribution in [3.63, 3.8) is 0 Å². The van der Waals surface area contributed by atoms with Crippen LogP contribution in [0, 0.1) is 11.6 Å². The first kappa shape index (κ1) is 19.6. The van der Waals surface area contributed by atoms with Gasteiger partial charge in [-0.2, -0.15) is 0 Å². The smallest absolute Gasteiger partial charge is 0.240 e. The minimum atomic E-state index is -3.72. The Balaban J connectivity index is 2.41. The van der Waals surface area contributed by atoms with E-state index in [1.165, 1.54) is 25.1 Å². The number of amides is 1. The molecule has 4 nitrogen and oxygen atoms in total. The van der Waals surface area contributed by atoms with Gasteiger partial charge in [0.1, 0.15) is 11.6 Å². The molecule has 0 radical (unpaired) electrons. The Bertz CT molecular complexity index is 949. The van der Waals surface area contributed by atoms with Crippen molar-refractivity contribution in [1.29, 1.82) is 0 Å². The summed E-state index contributed by atoms with van der Waals surface area (Å²) in [4.78, 5) is 11.9. The molecule has 0 spiro atoms. The molecule has 0 saturated heterocycles. The summed E-state index contributed by atoms with van der Waals surface area (Å²) in [6.45, 7) is 1.43. The number of rotatable bonds is 4. The van der Waals surface area contributed by atoms with Gasteiger partial charge in [0.25, 0.3) is 0 Å². The predicted octanol–water partition coefficient (Wildman–Crippen LogP) is 4.12. The van der Waals surface area contributed by atoms with Crippen LogP contribution in [-0.4, -0.2) is 20.6 Å². The van der Waals surface area contributed by atoms with Gasteiger partial charge in [0.05, 0.1) is 17.2 Å². The third-order valence-electron chi connectivity index (χ3n) is 3.46.